The van der Waals surface area contributed by atoms with Gasteiger partial charge in [0.1, 0.15) is 13.2 Å². The molecule has 0 saturated carbocycles. The molecule has 2 aromatic carbocycles. The Morgan fingerprint density at radius 3 is 2.54 bits per heavy atom. The predicted molar refractivity (Wildman–Crippen MR) is 97.9 cm³/mol. The first-order valence-electron chi connectivity index (χ1n) is 7.99. The number of hydrogen-bond acceptors (Lipinski definition) is 5. The first-order chi connectivity index (χ1) is 12.7. The molecule has 130 valence electrons. The van der Waals surface area contributed by atoms with Crippen molar-refractivity contribution in [2.24, 2.45) is 0 Å². The molecule has 3 aromatic rings. The quantitative estimate of drug-likeness (QED) is 0.761. The van der Waals surface area contributed by atoms with E-state index in [0.717, 1.165) is 5.56 Å². The van der Waals surface area contributed by atoms with E-state index in [1.54, 1.807) is 24.5 Å². The van der Waals surface area contributed by atoms with Gasteiger partial charge in [-0.25, -0.2) is 9.97 Å². The lowest BCUT2D eigenvalue weighted by Crippen LogP contribution is -2.18. The third-order valence-electron chi connectivity index (χ3n) is 3.80. The van der Waals surface area contributed by atoms with Crippen LogP contribution >= 0.6 is 11.6 Å². The molecule has 0 radical (unpaired) electrons. The van der Waals surface area contributed by atoms with Gasteiger partial charge in [0.15, 0.2) is 17.3 Å². The highest BCUT2D eigenvalue weighted by Crippen LogP contribution is 2.38. The average Bonchev–Trinajstić information content (AvgIpc) is 2.69. The van der Waals surface area contributed by atoms with Crippen molar-refractivity contribution >= 4 is 23.2 Å². The van der Waals surface area contributed by atoms with Crippen molar-refractivity contribution < 1.29 is 14.3 Å². The highest BCUT2D eigenvalue weighted by molar-refractivity contribution is 6.32. The number of halogens is 1. The van der Waals surface area contributed by atoms with Crippen LogP contribution < -0.4 is 14.8 Å². The zero-order chi connectivity index (χ0) is 17.9. The normalized spacial score (nSPS) is 12.5. The Labute approximate surface area is 154 Å². The summed E-state index contributed by atoms with van der Waals surface area (Å²) >= 11 is 6.17. The number of rotatable bonds is 3. The molecule has 6 nitrogen and oxygen atoms in total. The molecular formula is C19H14ClN3O3. The van der Waals surface area contributed by atoms with Crippen LogP contribution in [0.2, 0.25) is 5.02 Å². The van der Waals surface area contributed by atoms with Gasteiger partial charge in [-0.1, -0.05) is 41.9 Å². The summed E-state index contributed by atoms with van der Waals surface area (Å²) in [7, 11) is 0. The maximum absolute atomic E-state index is 12.5. The number of carbonyl (C=O) groups is 1. The molecule has 26 heavy (non-hydrogen) atoms. The van der Waals surface area contributed by atoms with Crippen LogP contribution in [0.4, 0.5) is 5.69 Å². The number of amides is 1. The van der Waals surface area contributed by atoms with Gasteiger partial charge >= 0.3 is 0 Å². The minimum Gasteiger partial charge on any atom is -0.486 e. The standard InChI is InChI=1S/C19H14ClN3O3/c20-15-8-13(9-16-17(15)26-7-6-25-16)19(24)23-14-10-21-18(22-11-14)12-4-2-1-3-5-12/h1-5,8-11H,6-7H2,(H,23,24). The first kappa shape index (κ1) is 16.4. The van der Waals surface area contributed by atoms with Gasteiger partial charge in [0.25, 0.3) is 5.91 Å². The van der Waals surface area contributed by atoms with E-state index >= 15 is 0 Å². The largest absolute Gasteiger partial charge is 0.486 e. The lowest BCUT2D eigenvalue weighted by Gasteiger charge is -2.20. The molecule has 0 spiro atoms. The van der Waals surface area contributed by atoms with Crippen molar-refractivity contribution in [3.8, 4) is 22.9 Å². The first-order valence-corrected chi connectivity index (χ1v) is 8.36. The summed E-state index contributed by atoms with van der Waals surface area (Å²) < 4.78 is 10.9. The highest BCUT2D eigenvalue weighted by atomic mass is 35.5. The Kier molecular flexibility index (Phi) is 4.41. The minimum atomic E-state index is -0.333. The van der Waals surface area contributed by atoms with Gasteiger partial charge < -0.3 is 14.8 Å². The van der Waals surface area contributed by atoms with Crippen molar-refractivity contribution in [2.45, 2.75) is 0 Å². The SMILES string of the molecule is O=C(Nc1cnc(-c2ccccc2)nc1)c1cc(Cl)c2c(c1)OCCO2. The number of benzene rings is 2. The Bertz CT molecular complexity index is 946. The molecule has 1 amide bonds. The van der Waals surface area contributed by atoms with Crippen LogP contribution in [0.5, 0.6) is 11.5 Å². The summed E-state index contributed by atoms with van der Waals surface area (Å²) in [6.07, 6.45) is 3.12. The van der Waals surface area contributed by atoms with Crippen molar-refractivity contribution in [3.05, 3.63) is 65.4 Å². The number of nitrogens with one attached hydrogen (secondary N) is 1. The maximum Gasteiger partial charge on any atom is 0.255 e. The molecule has 2 heterocycles. The summed E-state index contributed by atoms with van der Waals surface area (Å²) in [6, 6.07) is 12.8. The summed E-state index contributed by atoms with van der Waals surface area (Å²) in [5, 5.41) is 3.09. The molecule has 4 rings (SSSR count). The van der Waals surface area contributed by atoms with Gasteiger partial charge in [0, 0.05) is 11.1 Å². The van der Waals surface area contributed by atoms with Gasteiger partial charge in [-0.2, -0.15) is 0 Å². The number of fused-ring (bicyclic) bond motifs is 1. The second kappa shape index (κ2) is 7.01. The zero-order valence-corrected chi connectivity index (χ0v) is 14.4. The fourth-order valence-corrected chi connectivity index (χ4v) is 2.84. The van der Waals surface area contributed by atoms with E-state index in [2.05, 4.69) is 15.3 Å². The minimum absolute atomic E-state index is 0.333. The van der Waals surface area contributed by atoms with E-state index in [1.807, 2.05) is 30.3 Å². The maximum atomic E-state index is 12.5. The number of carbonyl (C=O) groups excluding carboxylic acids is 1. The Morgan fingerprint density at radius 2 is 1.77 bits per heavy atom. The monoisotopic (exact) mass is 367 g/mol. The molecule has 0 bridgehead atoms. The molecule has 1 aliphatic rings. The summed E-state index contributed by atoms with van der Waals surface area (Å²) in [4.78, 5) is 21.1. The summed E-state index contributed by atoms with van der Waals surface area (Å²) in [5.41, 5.74) is 1.76. The molecule has 1 N–H and O–H groups in total. The molecule has 0 saturated heterocycles. The van der Waals surface area contributed by atoms with Gasteiger partial charge in [0.05, 0.1) is 23.1 Å². The van der Waals surface area contributed by atoms with Crippen molar-refractivity contribution in [3.63, 3.8) is 0 Å². The van der Waals surface area contributed by atoms with Crippen LogP contribution in [0.15, 0.2) is 54.9 Å². The van der Waals surface area contributed by atoms with Crippen LogP contribution in [0.25, 0.3) is 11.4 Å². The topological polar surface area (TPSA) is 73.3 Å². The number of aromatic nitrogens is 2. The fraction of sp³-hybridized carbons (Fsp3) is 0.105. The molecule has 0 fully saturated rings. The van der Waals surface area contributed by atoms with E-state index in [-0.39, 0.29) is 5.91 Å². The van der Waals surface area contributed by atoms with Crippen LogP contribution in [0, 0.1) is 0 Å². The Hall–Kier alpha value is -3.12. The highest BCUT2D eigenvalue weighted by Gasteiger charge is 2.19. The molecule has 1 aliphatic heterocycles. The Balaban J connectivity index is 1.52. The third kappa shape index (κ3) is 3.32. The smallest absolute Gasteiger partial charge is 0.255 e. The van der Waals surface area contributed by atoms with Gasteiger partial charge in [0.2, 0.25) is 0 Å². The molecule has 0 atom stereocenters. The second-order valence-corrected chi connectivity index (χ2v) is 6.00. The molecule has 7 heteroatoms. The number of hydrogen-bond donors (Lipinski definition) is 1. The fourth-order valence-electron chi connectivity index (χ4n) is 2.57. The van der Waals surface area contributed by atoms with Crippen molar-refractivity contribution in [1.82, 2.24) is 9.97 Å². The predicted octanol–water partition coefficient (Wildman–Crippen LogP) is 3.82. The molecule has 1 aromatic heterocycles. The van der Waals surface area contributed by atoms with Crippen molar-refractivity contribution in [1.29, 1.82) is 0 Å². The van der Waals surface area contributed by atoms with Gasteiger partial charge in [-0.05, 0) is 12.1 Å². The molecular weight excluding hydrogens is 354 g/mol. The number of nitrogens with zero attached hydrogens (tertiary/aromatic N) is 2. The van der Waals surface area contributed by atoms with Crippen LogP contribution in [0.1, 0.15) is 10.4 Å². The third-order valence-corrected chi connectivity index (χ3v) is 4.08. The lowest BCUT2D eigenvalue weighted by atomic mass is 10.1. The van der Waals surface area contributed by atoms with E-state index in [0.29, 0.717) is 46.8 Å². The van der Waals surface area contributed by atoms with Crippen LogP contribution in [0.3, 0.4) is 0 Å². The van der Waals surface area contributed by atoms with E-state index in [9.17, 15) is 4.79 Å². The van der Waals surface area contributed by atoms with Gasteiger partial charge in [-0.3, -0.25) is 4.79 Å². The van der Waals surface area contributed by atoms with Crippen LogP contribution in [-0.2, 0) is 0 Å². The summed E-state index contributed by atoms with van der Waals surface area (Å²) in [5.74, 6) is 1.18. The molecule has 0 aliphatic carbocycles. The number of anilines is 1. The zero-order valence-electron chi connectivity index (χ0n) is 13.6. The summed E-state index contributed by atoms with van der Waals surface area (Å²) in [6.45, 7) is 0.854. The average molecular weight is 368 g/mol. The van der Waals surface area contributed by atoms with E-state index < -0.39 is 0 Å². The van der Waals surface area contributed by atoms with Gasteiger partial charge in [-0.15, -0.1) is 0 Å². The number of ether oxygens (including phenoxy) is 2. The second-order valence-electron chi connectivity index (χ2n) is 5.60. The Morgan fingerprint density at radius 1 is 1.04 bits per heavy atom. The van der Waals surface area contributed by atoms with E-state index in [4.69, 9.17) is 21.1 Å². The van der Waals surface area contributed by atoms with E-state index in [1.165, 1.54) is 0 Å². The van der Waals surface area contributed by atoms with Crippen LogP contribution in [-0.4, -0.2) is 29.1 Å². The lowest BCUT2D eigenvalue weighted by molar-refractivity contribution is 0.102. The van der Waals surface area contributed by atoms with Crippen molar-refractivity contribution in [2.75, 3.05) is 18.5 Å². The molecule has 0 unspecified atom stereocenters.